The van der Waals surface area contributed by atoms with Gasteiger partial charge in [-0.3, -0.25) is 57.5 Å². The molecule has 0 radical (unpaired) electrons. The molecule has 17 N–H and O–H groups in total. The summed E-state index contributed by atoms with van der Waals surface area (Å²) in [5.41, 5.74) is 12.8. The fraction of sp³-hybridized carbons (Fsp3) is 0.537. The van der Waals surface area contributed by atoms with Crippen molar-refractivity contribution in [3.05, 3.63) is 65.7 Å². The lowest BCUT2D eigenvalue weighted by atomic mass is 10.00. The minimum absolute atomic E-state index is 0.0240. The van der Waals surface area contributed by atoms with E-state index >= 15 is 0 Å². The van der Waals surface area contributed by atoms with Crippen LogP contribution in [-0.2, 0) is 75.2 Å². The minimum Gasteiger partial charge on any atom is -0.508 e. The van der Waals surface area contributed by atoms with Crippen molar-refractivity contribution in [2.75, 3.05) is 13.1 Å². The lowest BCUT2D eigenvalue weighted by Crippen LogP contribution is -2.62. The summed E-state index contributed by atoms with van der Waals surface area (Å²) in [6.45, 7) is 9.25. The molecule has 0 bridgehead atoms. The van der Waals surface area contributed by atoms with Crippen LogP contribution in [0.5, 0.6) is 5.75 Å². The molecule has 1 aliphatic rings. The first kappa shape index (κ1) is 68.5. The van der Waals surface area contributed by atoms with Crippen LogP contribution in [-0.4, -0.2) is 182 Å². The Balaban J connectivity index is 1.62. The average Bonchev–Trinajstić information content (AvgIpc) is 4.15. The van der Waals surface area contributed by atoms with E-state index in [1.165, 1.54) is 44.7 Å². The highest BCUT2D eigenvalue weighted by atomic mass is 16.4. The van der Waals surface area contributed by atoms with Gasteiger partial charge in [0, 0.05) is 19.4 Å². The number of hydrogen-bond acceptors (Lipinski definition) is 16. The smallest absolute Gasteiger partial charge is 0.326 e. The number of phenols is 1. The van der Waals surface area contributed by atoms with Crippen LogP contribution in [0.4, 0.5) is 0 Å². The van der Waals surface area contributed by atoms with Crippen LogP contribution in [0.25, 0.3) is 0 Å². The van der Waals surface area contributed by atoms with E-state index in [1.54, 1.807) is 56.3 Å². The zero-order valence-electron chi connectivity index (χ0n) is 47.3. The number of carbonyl (C=O) groups excluding carboxylic acids is 11. The first-order valence-electron chi connectivity index (χ1n) is 26.9. The molecule has 1 saturated heterocycles. The number of carboxylic acids is 2. The van der Waals surface area contributed by atoms with Crippen LogP contribution >= 0.6 is 0 Å². The maximum atomic E-state index is 14.0. The van der Waals surface area contributed by atoms with Gasteiger partial charge in [-0.05, 0) is 81.5 Å². The van der Waals surface area contributed by atoms with Crippen LogP contribution in [0, 0.1) is 11.8 Å². The number of primary amides is 1. The number of carboxylic acid groups (broad SMARTS) is 2. The van der Waals surface area contributed by atoms with Gasteiger partial charge in [0.05, 0.1) is 25.1 Å². The second-order valence-corrected chi connectivity index (χ2v) is 20.9. The highest BCUT2D eigenvalue weighted by molar-refractivity contribution is 5.99. The monoisotopic (exact) mass is 1170 g/mol. The molecule has 456 valence electrons. The molecule has 29 nitrogen and oxygen atoms in total. The van der Waals surface area contributed by atoms with Gasteiger partial charge >= 0.3 is 11.9 Å². The Morgan fingerprint density at radius 2 is 1.13 bits per heavy atom. The molecule has 11 amide bonds. The molecule has 0 aromatic heterocycles. The number of aliphatic carboxylic acids is 2. The number of benzene rings is 2. The lowest BCUT2D eigenvalue weighted by Gasteiger charge is -2.32. The third-order valence-electron chi connectivity index (χ3n) is 13.3. The summed E-state index contributed by atoms with van der Waals surface area (Å²) < 4.78 is 0. The van der Waals surface area contributed by atoms with Crippen molar-refractivity contribution in [1.29, 1.82) is 0 Å². The molecule has 0 unspecified atom stereocenters. The van der Waals surface area contributed by atoms with Crippen LogP contribution in [0.2, 0.25) is 0 Å². The number of hydrogen-bond donors (Lipinski definition) is 15. The number of aliphatic hydroxyl groups excluding tert-OH is 1. The SMILES string of the molecule is CC(C)[C@H](NC(=O)[C@H](CC(N)=O)NC(=O)[C@@H](NC(=O)[C@@H]1CCCN1C(=O)[C@@H](NC(=O)[C@@H](N)Cc1ccc(O)cc1)C(C)C)[C@@H](C)O)C(=O)NCC(=O)N[C@@H](C)C(=O)N[C@@H](CCC(=O)O)C(=O)N[C@@H](C)C(=O)N[C@@H](Cc1ccccc1)C(=O)O. The van der Waals surface area contributed by atoms with Gasteiger partial charge in [-0.25, -0.2) is 4.79 Å². The van der Waals surface area contributed by atoms with Gasteiger partial charge in [-0.1, -0.05) is 70.2 Å². The molecule has 2 aromatic carbocycles. The van der Waals surface area contributed by atoms with Crippen molar-refractivity contribution in [3.8, 4) is 5.75 Å². The molecule has 0 saturated carbocycles. The van der Waals surface area contributed by atoms with Crippen molar-refractivity contribution in [2.24, 2.45) is 23.3 Å². The van der Waals surface area contributed by atoms with Crippen LogP contribution in [0.1, 0.15) is 91.7 Å². The van der Waals surface area contributed by atoms with Gasteiger partial charge in [0.25, 0.3) is 0 Å². The van der Waals surface area contributed by atoms with Crippen molar-refractivity contribution in [2.45, 2.75) is 160 Å². The van der Waals surface area contributed by atoms with Gasteiger partial charge in [0.1, 0.15) is 60.1 Å². The zero-order chi connectivity index (χ0) is 62.4. The van der Waals surface area contributed by atoms with Gasteiger partial charge in [-0.2, -0.15) is 0 Å². The van der Waals surface area contributed by atoms with Gasteiger partial charge in [0.15, 0.2) is 0 Å². The minimum atomic E-state index is -1.80. The maximum absolute atomic E-state index is 14.0. The topological polar surface area (TPSA) is 466 Å². The van der Waals surface area contributed by atoms with Crippen molar-refractivity contribution >= 4 is 76.9 Å². The first-order valence-corrected chi connectivity index (χ1v) is 26.9. The predicted octanol–water partition coefficient (Wildman–Crippen LogP) is -3.95. The molecule has 2 aromatic rings. The Labute approximate surface area is 478 Å². The van der Waals surface area contributed by atoms with Gasteiger partial charge < -0.3 is 84.6 Å². The van der Waals surface area contributed by atoms with Gasteiger partial charge in [0.2, 0.25) is 65.0 Å². The Hall–Kier alpha value is -8.73. The Morgan fingerprint density at radius 3 is 1.69 bits per heavy atom. The second kappa shape index (κ2) is 32.6. The Bertz CT molecular complexity index is 2660. The number of carbonyl (C=O) groups is 13. The molecule has 0 aliphatic carbocycles. The number of nitrogens with one attached hydrogen (secondary N) is 9. The highest BCUT2D eigenvalue weighted by Crippen LogP contribution is 2.22. The van der Waals surface area contributed by atoms with E-state index in [4.69, 9.17) is 11.5 Å². The van der Waals surface area contributed by atoms with Gasteiger partial charge in [-0.15, -0.1) is 0 Å². The third-order valence-corrected chi connectivity index (χ3v) is 13.3. The predicted molar refractivity (Wildman–Crippen MR) is 294 cm³/mol. The first-order chi connectivity index (χ1) is 38.9. The number of nitrogens with two attached hydrogens (primary N) is 2. The van der Waals surface area contributed by atoms with E-state index in [0.29, 0.717) is 17.5 Å². The highest BCUT2D eigenvalue weighted by Gasteiger charge is 2.42. The zero-order valence-corrected chi connectivity index (χ0v) is 47.3. The number of aromatic hydroxyl groups is 1. The van der Waals surface area contributed by atoms with E-state index in [1.807, 2.05) is 0 Å². The number of phenolic OH excluding ortho intramolecular Hbond substituents is 1. The summed E-state index contributed by atoms with van der Waals surface area (Å²) in [6.07, 6.45) is -3.07. The summed E-state index contributed by atoms with van der Waals surface area (Å²) in [4.78, 5) is 171. The molecule has 1 fully saturated rings. The number of aliphatic hydroxyl groups is 1. The molecular formula is C54H78N12O17. The summed E-state index contributed by atoms with van der Waals surface area (Å²) in [7, 11) is 0. The second-order valence-electron chi connectivity index (χ2n) is 20.9. The quantitative estimate of drug-likeness (QED) is 0.0332. The number of likely N-dealkylation sites (tertiary alicyclic amines) is 1. The number of nitrogens with zero attached hydrogens (tertiary/aromatic N) is 1. The third kappa shape index (κ3) is 22.3. The molecule has 3 rings (SSSR count). The average molecular weight is 1170 g/mol. The van der Waals surface area contributed by atoms with Crippen LogP contribution in [0.15, 0.2) is 54.6 Å². The fourth-order valence-corrected chi connectivity index (χ4v) is 8.54. The molecular weight excluding hydrogens is 1090 g/mol. The van der Waals surface area contributed by atoms with Crippen molar-refractivity contribution in [3.63, 3.8) is 0 Å². The molecule has 0 spiro atoms. The van der Waals surface area contributed by atoms with E-state index in [9.17, 15) is 82.8 Å². The maximum Gasteiger partial charge on any atom is 0.326 e. The summed E-state index contributed by atoms with van der Waals surface area (Å²) in [6, 6.07) is 0.334. The molecule has 1 aliphatic heterocycles. The van der Waals surface area contributed by atoms with E-state index < -0.39 is 181 Å². The molecule has 11 atom stereocenters. The largest absolute Gasteiger partial charge is 0.508 e. The molecule has 1 heterocycles. The van der Waals surface area contributed by atoms with E-state index in [2.05, 4.69) is 47.9 Å². The standard InChI is InChI=1S/C54H78N12O17/c1-26(2)42(51(79)57-25-40(70)58-28(5)45(73)60-35(19-20-41(71)72)48(76)59-29(6)46(74)62-37(54(82)83)23-31-12-9-8-10-13-31)63-49(77)36(24-39(56)69)61-52(80)44(30(7)67)65-50(78)38-14-11-21-66(38)53(81)43(27(3)4)64-47(75)34(55)22-32-15-17-33(68)18-16-32/h8-10,12-13,15-18,26-30,34-38,42-44,67-68H,11,14,19-25,55H2,1-7H3,(H2,56,69)(H,57,79)(H,58,70)(H,59,76)(H,60,73)(H,61,80)(H,62,74)(H,63,77)(H,64,75)(H,65,78)(H,71,72)(H,82,83)/t28-,29-,30+,34-,35-,36-,37-,38-,42-,43-,44-/m0/s1. The summed E-state index contributed by atoms with van der Waals surface area (Å²) >= 11 is 0. The Kier molecular flexibility index (Phi) is 27.0. The van der Waals surface area contributed by atoms with E-state index in [-0.39, 0.29) is 31.6 Å². The molecule has 83 heavy (non-hydrogen) atoms. The fourth-order valence-electron chi connectivity index (χ4n) is 8.54. The van der Waals surface area contributed by atoms with Crippen molar-refractivity contribution in [1.82, 2.24) is 52.8 Å². The Morgan fingerprint density at radius 1 is 0.590 bits per heavy atom. The van der Waals surface area contributed by atoms with Crippen LogP contribution in [0.3, 0.4) is 0 Å². The summed E-state index contributed by atoms with van der Waals surface area (Å²) in [5, 5.41) is 60.6. The van der Waals surface area contributed by atoms with Crippen molar-refractivity contribution < 1.29 is 82.8 Å². The molecule has 29 heteroatoms. The number of amides is 11. The lowest BCUT2D eigenvalue weighted by molar-refractivity contribution is -0.143. The van der Waals surface area contributed by atoms with E-state index in [0.717, 1.165) is 6.92 Å². The number of rotatable bonds is 32. The van der Waals surface area contributed by atoms with Crippen LogP contribution < -0.4 is 59.3 Å². The normalized spacial score (nSPS) is 16.6. The summed E-state index contributed by atoms with van der Waals surface area (Å²) in [5.74, 6) is -14.2.